The van der Waals surface area contributed by atoms with Gasteiger partial charge in [-0.3, -0.25) is 4.79 Å². The molecule has 3 aromatic rings. The van der Waals surface area contributed by atoms with Gasteiger partial charge in [0.05, 0.1) is 23.2 Å². The van der Waals surface area contributed by atoms with E-state index in [4.69, 9.17) is 23.9 Å². The van der Waals surface area contributed by atoms with E-state index in [1.807, 2.05) is 79.7 Å². The first kappa shape index (κ1) is 39.5. The topological polar surface area (TPSA) is 94.2 Å². The average molecular weight is 720 g/mol. The summed E-state index contributed by atoms with van der Waals surface area (Å²) in [5, 5.41) is 2.64. The lowest BCUT2D eigenvalue weighted by molar-refractivity contribution is -0.150. The Hall–Kier alpha value is -4.72. The molecule has 1 aliphatic carbocycles. The number of carbonyl (C=O) groups excluding carboxylic acids is 2. The second kappa shape index (κ2) is 20.5. The third-order valence-electron chi connectivity index (χ3n) is 9.77. The molecule has 1 aliphatic heterocycles. The number of nitrogens with zero attached hydrogens (tertiary/aromatic N) is 3. The summed E-state index contributed by atoms with van der Waals surface area (Å²) in [6, 6.07) is 23.2. The highest BCUT2D eigenvalue weighted by molar-refractivity contribution is 5.96. The lowest BCUT2D eigenvalue weighted by Crippen LogP contribution is -2.18. The Kier molecular flexibility index (Phi) is 15.3. The second-order valence-electron chi connectivity index (χ2n) is 14.3. The van der Waals surface area contributed by atoms with Crippen LogP contribution in [-0.4, -0.2) is 43.7 Å². The number of anilines is 1. The Morgan fingerprint density at radius 1 is 0.774 bits per heavy atom. The summed E-state index contributed by atoms with van der Waals surface area (Å²) >= 11 is 0. The van der Waals surface area contributed by atoms with Crippen LogP contribution in [0.5, 0.6) is 0 Å². The fourth-order valence-corrected chi connectivity index (χ4v) is 6.69. The fourth-order valence-electron chi connectivity index (χ4n) is 6.69. The molecule has 5 rings (SSSR count). The predicted octanol–water partition coefficient (Wildman–Crippen LogP) is 11.3. The van der Waals surface area contributed by atoms with E-state index in [2.05, 4.69) is 13.8 Å². The molecule has 53 heavy (non-hydrogen) atoms. The number of carbonyl (C=O) groups is 2. The van der Waals surface area contributed by atoms with Crippen molar-refractivity contribution in [2.45, 2.75) is 116 Å². The molecule has 0 saturated heterocycles. The molecule has 0 N–H and O–H groups in total. The maximum absolute atomic E-state index is 12.9. The maximum atomic E-state index is 12.9. The molecule has 0 spiro atoms. The van der Waals surface area contributed by atoms with Crippen LogP contribution in [0.15, 0.2) is 82.2 Å². The first-order valence-corrected chi connectivity index (χ1v) is 19.8. The van der Waals surface area contributed by atoms with Crippen molar-refractivity contribution in [2.75, 3.05) is 25.6 Å². The summed E-state index contributed by atoms with van der Waals surface area (Å²) < 4.78 is 17.8. The Labute approximate surface area is 315 Å². The van der Waals surface area contributed by atoms with Crippen molar-refractivity contribution in [3.05, 3.63) is 83.7 Å². The van der Waals surface area contributed by atoms with Crippen molar-refractivity contribution in [3.63, 3.8) is 0 Å². The third-order valence-corrected chi connectivity index (χ3v) is 9.77. The van der Waals surface area contributed by atoms with E-state index in [0.29, 0.717) is 35.6 Å². The number of hydrogen-bond donors (Lipinski definition) is 0. The smallest absolute Gasteiger partial charge is 0.338 e. The lowest BCUT2D eigenvalue weighted by Gasteiger charge is -2.17. The minimum atomic E-state index is -0.339. The van der Waals surface area contributed by atoms with Crippen LogP contribution in [0.25, 0.3) is 33.3 Å². The van der Waals surface area contributed by atoms with Crippen LogP contribution in [0.4, 0.5) is 11.4 Å². The van der Waals surface area contributed by atoms with Crippen molar-refractivity contribution in [2.24, 2.45) is 4.99 Å². The molecule has 0 atom stereocenters. The SMILES string of the molecule is CCCCC(CCCC)OC(=O)CCCCCCCCCCOC(=O)c1cccc(/N=c2\cc3oc4cc(N(C)C)ccc4nc-3c3ccccc23)c1. The van der Waals surface area contributed by atoms with E-state index >= 15 is 0 Å². The zero-order valence-corrected chi connectivity index (χ0v) is 32.2. The molecule has 3 aromatic carbocycles. The third kappa shape index (κ3) is 11.6. The number of fused-ring (bicyclic) bond motifs is 4. The standard InChI is InChI=1S/C45H57N3O5/c1-5-7-22-36(23-8-6-2)52-43(49)26-15-13-11-9-10-12-14-18-29-51-45(50)33-20-19-21-34(30-33)46-40-32-42-44(38-25-17-16-24-37(38)40)47-39-28-27-35(48(3)4)31-41(39)53-42/h16-17,19-21,24-25,27-28,30-32,36H,5-15,18,22-23,26,29H2,1-4H3/b46-40+. The molecular formula is C45H57N3O5. The number of unbranched alkanes of at least 4 members (excludes halogenated alkanes) is 9. The van der Waals surface area contributed by atoms with Crippen LogP contribution in [0.2, 0.25) is 0 Å². The lowest BCUT2D eigenvalue weighted by atomic mass is 10.0. The van der Waals surface area contributed by atoms with Gasteiger partial charge in [0.2, 0.25) is 0 Å². The quantitative estimate of drug-likeness (QED) is 0.0322. The van der Waals surface area contributed by atoms with Gasteiger partial charge in [-0.25, -0.2) is 14.8 Å². The summed E-state index contributed by atoms with van der Waals surface area (Å²) in [4.78, 5) is 37.2. The van der Waals surface area contributed by atoms with E-state index in [9.17, 15) is 9.59 Å². The van der Waals surface area contributed by atoms with Gasteiger partial charge in [0.15, 0.2) is 11.3 Å². The number of ether oxygens (including phenoxy) is 2. The zero-order valence-electron chi connectivity index (χ0n) is 32.2. The van der Waals surface area contributed by atoms with Gasteiger partial charge in [-0.05, 0) is 56.0 Å². The van der Waals surface area contributed by atoms with Crippen LogP contribution in [0, 0.1) is 0 Å². The molecule has 0 saturated carbocycles. The average Bonchev–Trinajstić information content (AvgIpc) is 3.17. The van der Waals surface area contributed by atoms with Crippen molar-refractivity contribution >= 4 is 45.2 Å². The van der Waals surface area contributed by atoms with Crippen molar-refractivity contribution in [1.29, 1.82) is 0 Å². The molecule has 1 heterocycles. The van der Waals surface area contributed by atoms with Crippen LogP contribution in [0.1, 0.15) is 121 Å². The Morgan fingerprint density at radius 3 is 2.19 bits per heavy atom. The van der Waals surface area contributed by atoms with Gasteiger partial charge >= 0.3 is 11.9 Å². The van der Waals surface area contributed by atoms with E-state index in [1.54, 1.807) is 12.1 Å². The predicted molar refractivity (Wildman–Crippen MR) is 215 cm³/mol. The summed E-state index contributed by atoms with van der Waals surface area (Å²) in [5.41, 5.74) is 4.45. The molecule has 282 valence electrons. The number of benzene rings is 4. The molecule has 2 aliphatic rings. The molecule has 0 fully saturated rings. The molecule has 8 nitrogen and oxygen atoms in total. The van der Waals surface area contributed by atoms with Crippen LogP contribution in [0.3, 0.4) is 0 Å². The van der Waals surface area contributed by atoms with E-state index in [-0.39, 0.29) is 18.0 Å². The van der Waals surface area contributed by atoms with Gasteiger partial charge in [0.1, 0.15) is 17.3 Å². The molecule has 8 heteroatoms. The van der Waals surface area contributed by atoms with Crippen molar-refractivity contribution in [3.8, 4) is 11.5 Å². The zero-order chi connectivity index (χ0) is 37.4. The van der Waals surface area contributed by atoms with Gasteiger partial charge in [-0.1, -0.05) is 108 Å². The summed E-state index contributed by atoms with van der Waals surface area (Å²) in [6.45, 7) is 4.75. The van der Waals surface area contributed by atoms with Gasteiger partial charge in [-0.15, -0.1) is 0 Å². The highest BCUT2D eigenvalue weighted by Gasteiger charge is 2.16. The molecule has 0 amide bonds. The minimum absolute atomic E-state index is 0.0292. The summed E-state index contributed by atoms with van der Waals surface area (Å²) in [7, 11) is 3.99. The monoisotopic (exact) mass is 719 g/mol. The van der Waals surface area contributed by atoms with Crippen LogP contribution < -0.4 is 10.3 Å². The van der Waals surface area contributed by atoms with E-state index in [1.165, 1.54) is 0 Å². The van der Waals surface area contributed by atoms with Crippen LogP contribution in [-0.2, 0) is 14.3 Å². The van der Waals surface area contributed by atoms with E-state index in [0.717, 1.165) is 123 Å². The van der Waals surface area contributed by atoms with Crippen molar-refractivity contribution in [1.82, 2.24) is 4.98 Å². The normalized spacial score (nSPS) is 11.9. The Bertz CT molecular complexity index is 1960. The molecule has 0 unspecified atom stereocenters. The van der Waals surface area contributed by atoms with Gasteiger partial charge in [0, 0.05) is 49.1 Å². The van der Waals surface area contributed by atoms with Gasteiger partial charge in [-0.2, -0.15) is 0 Å². The fraction of sp³-hybridized carbons (Fsp3) is 0.467. The number of rotatable bonds is 21. The first-order valence-electron chi connectivity index (χ1n) is 19.8. The Morgan fingerprint density at radius 2 is 1.47 bits per heavy atom. The summed E-state index contributed by atoms with van der Waals surface area (Å²) in [5.74, 6) is 0.277. The van der Waals surface area contributed by atoms with E-state index < -0.39 is 0 Å². The number of hydrogen-bond acceptors (Lipinski definition) is 8. The first-order chi connectivity index (χ1) is 25.9. The summed E-state index contributed by atoms with van der Waals surface area (Å²) in [6.07, 6.45) is 15.5. The maximum Gasteiger partial charge on any atom is 0.338 e. The molecule has 0 bridgehead atoms. The van der Waals surface area contributed by atoms with Crippen LogP contribution >= 0.6 is 0 Å². The van der Waals surface area contributed by atoms with Gasteiger partial charge in [0.25, 0.3) is 0 Å². The van der Waals surface area contributed by atoms with Gasteiger partial charge < -0.3 is 18.8 Å². The molecule has 0 radical (unpaired) electrons. The minimum Gasteiger partial charge on any atom is -0.462 e. The highest BCUT2D eigenvalue weighted by atomic mass is 16.5. The highest BCUT2D eigenvalue weighted by Crippen LogP contribution is 2.32. The van der Waals surface area contributed by atoms with Crippen molar-refractivity contribution < 1.29 is 23.5 Å². The molecule has 0 aromatic heterocycles. The molecular weight excluding hydrogens is 663 g/mol. The largest absolute Gasteiger partial charge is 0.462 e. The second-order valence-corrected chi connectivity index (χ2v) is 14.3. The number of esters is 2. The number of aromatic nitrogens is 1. The Balaban J connectivity index is 1.07.